The van der Waals surface area contributed by atoms with Crippen LogP contribution < -0.4 is 15.5 Å². The van der Waals surface area contributed by atoms with Crippen molar-refractivity contribution >= 4 is 46.4 Å². The zero-order valence-electron chi connectivity index (χ0n) is 15.6. The number of aliphatic imine (C=N–C) groups is 1. The first-order valence-electron chi connectivity index (χ1n) is 8.03. The van der Waals surface area contributed by atoms with Crippen molar-refractivity contribution in [1.82, 2.24) is 25.8 Å². The van der Waals surface area contributed by atoms with E-state index in [2.05, 4.69) is 30.8 Å². The predicted octanol–water partition coefficient (Wildman–Crippen LogP) is 2.17. The molecule has 0 aliphatic carbocycles. The lowest BCUT2D eigenvalue weighted by atomic mass is 10.4. The van der Waals surface area contributed by atoms with Crippen molar-refractivity contribution in [3.63, 3.8) is 0 Å². The fourth-order valence-electron chi connectivity index (χ4n) is 1.97. The van der Waals surface area contributed by atoms with Crippen molar-refractivity contribution in [3.8, 4) is 0 Å². The van der Waals surface area contributed by atoms with Crippen molar-refractivity contribution in [2.45, 2.75) is 33.0 Å². The molecular weight excluding hydrogens is 469 g/mol. The molecule has 146 valence electrons. The molecule has 1 unspecified atom stereocenters. The molecule has 0 aliphatic rings. The van der Waals surface area contributed by atoms with Crippen molar-refractivity contribution in [1.29, 1.82) is 0 Å². The van der Waals surface area contributed by atoms with Gasteiger partial charge in [-0.2, -0.15) is 4.98 Å². The summed E-state index contributed by atoms with van der Waals surface area (Å²) in [5.74, 6) is 1.66. The van der Waals surface area contributed by atoms with Crippen LogP contribution in [0.2, 0.25) is 0 Å². The average Bonchev–Trinajstić information content (AvgIpc) is 3.24. The average molecular weight is 495 g/mol. The zero-order chi connectivity index (χ0) is 18.2. The second kappa shape index (κ2) is 11.3. The van der Waals surface area contributed by atoms with Gasteiger partial charge in [0.2, 0.25) is 5.89 Å². The number of rotatable bonds is 8. The van der Waals surface area contributed by atoms with E-state index in [0.717, 1.165) is 10.8 Å². The van der Waals surface area contributed by atoms with Crippen LogP contribution in [0.5, 0.6) is 0 Å². The van der Waals surface area contributed by atoms with Gasteiger partial charge >= 0.3 is 0 Å². The number of halogens is 1. The first-order chi connectivity index (χ1) is 12.0. The Labute approximate surface area is 174 Å². The molecule has 9 nitrogen and oxygen atoms in total. The molecule has 0 fully saturated rings. The van der Waals surface area contributed by atoms with Crippen LogP contribution in [0.15, 0.2) is 14.9 Å². The maximum atomic E-state index is 5.44. The van der Waals surface area contributed by atoms with Gasteiger partial charge in [0.05, 0.1) is 18.8 Å². The topological polar surface area (TPSA) is 101 Å². The molecule has 2 heterocycles. The van der Waals surface area contributed by atoms with Crippen LogP contribution in [-0.2, 0) is 17.8 Å². The second-order valence-electron chi connectivity index (χ2n) is 5.44. The van der Waals surface area contributed by atoms with Gasteiger partial charge in [-0.15, -0.1) is 35.3 Å². The quantitative estimate of drug-likeness (QED) is 0.327. The molecule has 0 saturated heterocycles. The van der Waals surface area contributed by atoms with Gasteiger partial charge < -0.3 is 24.8 Å². The Bertz CT molecular complexity index is 689. The third kappa shape index (κ3) is 6.68. The summed E-state index contributed by atoms with van der Waals surface area (Å²) in [7, 11) is 5.65. The summed E-state index contributed by atoms with van der Waals surface area (Å²) in [6.07, 6.45) is -0.185. The van der Waals surface area contributed by atoms with E-state index in [1.165, 1.54) is 0 Å². The Hall–Kier alpha value is -1.47. The minimum Gasteiger partial charge on any atom is -0.371 e. The summed E-state index contributed by atoms with van der Waals surface area (Å²) >= 11 is 1.61. The molecule has 26 heavy (non-hydrogen) atoms. The Morgan fingerprint density at radius 2 is 2.08 bits per heavy atom. The summed E-state index contributed by atoms with van der Waals surface area (Å²) in [5, 5.41) is 13.3. The molecule has 11 heteroatoms. The predicted molar refractivity (Wildman–Crippen MR) is 113 cm³/mol. The molecule has 2 rings (SSSR count). The lowest BCUT2D eigenvalue weighted by Crippen LogP contribution is -2.36. The van der Waals surface area contributed by atoms with E-state index in [9.17, 15) is 0 Å². The molecule has 0 spiro atoms. The maximum absolute atomic E-state index is 5.44. The van der Waals surface area contributed by atoms with Crippen LogP contribution in [0.25, 0.3) is 0 Å². The van der Waals surface area contributed by atoms with Crippen LogP contribution in [-0.4, -0.2) is 48.8 Å². The van der Waals surface area contributed by atoms with E-state index in [-0.39, 0.29) is 30.1 Å². The number of nitrogens with one attached hydrogen (secondary N) is 2. The van der Waals surface area contributed by atoms with E-state index in [4.69, 9.17) is 9.26 Å². The largest absolute Gasteiger partial charge is 0.371 e. The Morgan fingerprint density at radius 3 is 2.69 bits per heavy atom. The first kappa shape index (κ1) is 22.6. The number of aromatic nitrogens is 3. The fourth-order valence-corrected chi connectivity index (χ4v) is 2.72. The van der Waals surface area contributed by atoms with Crippen LogP contribution in [0.3, 0.4) is 0 Å². The molecule has 2 aromatic heterocycles. The highest BCUT2D eigenvalue weighted by Crippen LogP contribution is 2.17. The summed E-state index contributed by atoms with van der Waals surface area (Å²) < 4.78 is 10.7. The summed E-state index contributed by atoms with van der Waals surface area (Å²) in [6, 6.07) is 0. The zero-order valence-corrected chi connectivity index (χ0v) is 18.8. The highest BCUT2D eigenvalue weighted by molar-refractivity contribution is 14.0. The summed E-state index contributed by atoms with van der Waals surface area (Å²) in [5.41, 5.74) is 0.960. The first-order valence-corrected chi connectivity index (χ1v) is 8.91. The number of guanidine groups is 1. The molecular formula is C15H26IN7O2S. The molecule has 0 aromatic carbocycles. The van der Waals surface area contributed by atoms with Crippen molar-refractivity contribution in [3.05, 3.63) is 22.8 Å². The molecule has 2 N–H and O–H groups in total. The van der Waals surface area contributed by atoms with Crippen molar-refractivity contribution in [2.24, 2.45) is 4.99 Å². The van der Waals surface area contributed by atoms with E-state index in [1.54, 1.807) is 18.4 Å². The van der Waals surface area contributed by atoms with Gasteiger partial charge in [-0.1, -0.05) is 5.16 Å². The Morgan fingerprint density at radius 1 is 1.35 bits per heavy atom. The molecule has 0 radical (unpaired) electrons. The fraction of sp³-hybridized carbons (Fsp3) is 0.600. The molecule has 2 aromatic rings. The third-order valence-corrected chi connectivity index (χ3v) is 4.31. The molecule has 1 atom stereocenters. The smallest absolute Gasteiger partial charge is 0.246 e. The van der Waals surface area contributed by atoms with Gasteiger partial charge in [-0.3, -0.25) is 4.99 Å². The summed E-state index contributed by atoms with van der Waals surface area (Å²) in [4.78, 5) is 15.0. The number of thiazole rings is 1. The van der Waals surface area contributed by atoms with Gasteiger partial charge in [0.25, 0.3) is 0 Å². The third-order valence-electron chi connectivity index (χ3n) is 3.25. The second-order valence-corrected chi connectivity index (χ2v) is 6.28. The van der Waals surface area contributed by atoms with E-state index in [0.29, 0.717) is 37.4 Å². The van der Waals surface area contributed by atoms with E-state index >= 15 is 0 Å². The maximum Gasteiger partial charge on any atom is 0.246 e. The van der Waals surface area contributed by atoms with Gasteiger partial charge in [0, 0.05) is 33.1 Å². The van der Waals surface area contributed by atoms with Crippen molar-refractivity contribution in [2.75, 3.05) is 32.6 Å². The highest BCUT2D eigenvalue weighted by atomic mass is 127. The van der Waals surface area contributed by atoms with Crippen LogP contribution in [0.1, 0.15) is 37.4 Å². The van der Waals surface area contributed by atoms with Gasteiger partial charge in [0.15, 0.2) is 16.9 Å². The van der Waals surface area contributed by atoms with Gasteiger partial charge in [-0.05, 0) is 13.8 Å². The van der Waals surface area contributed by atoms with Crippen LogP contribution >= 0.6 is 35.3 Å². The highest BCUT2D eigenvalue weighted by Gasteiger charge is 2.14. The minimum absolute atomic E-state index is 0. The van der Waals surface area contributed by atoms with Gasteiger partial charge in [0.1, 0.15) is 6.10 Å². The van der Waals surface area contributed by atoms with Crippen molar-refractivity contribution < 1.29 is 9.26 Å². The number of ether oxygens (including phenoxy) is 1. The Balaban J connectivity index is 0.00000338. The Kier molecular flexibility index (Phi) is 9.80. The van der Waals surface area contributed by atoms with Gasteiger partial charge in [-0.25, -0.2) is 4.98 Å². The molecule has 0 saturated carbocycles. The monoisotopic (exact) mass is 495 g/mol. The lowest BCUT2D eigenvalue weighted by molar-refractivity contribution is 0.0683. The standard InChI is InChI=1S/C15H25N7O2S.HI/c1-6-23-10(2)13-20-12(24-21-13)8-18-14(16-3)17-7-11-9-25-15(19-11)22(4)5;/h9-10H,6-8H2,1-5H3,(H2,16,17,18);1H. The molecule has 0 aliphatic heterocycles. The van der Waals surface area contributed by atoms with E-state index in [1.807, 2.05) is 38.2 Å². The van der Waals surface area contributed by atoms with E-state index < -0.39 is 0 Å². The van der Waals surface area contributed by atoms with Crippen LogP contribution in [0, 0.1) is 0 Å². The van der Waals surface area contributed by atoms with Crippen LogP contribution in [0.4, 0.5) is 5.13 Å². The molecule has 0 amide bonds. The minimum atomic E-state index is -0.185. The number of anilines is 1. The summed E-state index contributed by atoms with van der Waals surface area (Å²) in [6.45, 7) is 5.39. The lowest BCUT2D eigenvalue weighted by Gasteiger charge is -2.09. The SMILES string of the molecule is CCOC(C)c1noc(CNC(=NC)NCc2csc(N(C)C)n2)n1.I. The number of hydrogen-bond acceptors (Lipinski definition) is 8. The molecule has 0 bridgehead atoms. The number of nitrogens with zero attached hydrogens (tertiary/aromatic N) is 5. The number of hydrogen-bond donors (Lipinski definition) is 2. The normalized spacial score (nSPS) is 12.4.